The average Bonchev–Trinajstić information content (AvgIpc) is 3.29. The fraction of sp³-hybridized carbons (Fsp3) is 0.500. The summed E-state index contributed by atoms with van der Waals surface area (Å²) in [5.74, 6) is 2.05. The van der Waals surface area contributed by atoms with Crippen molar-refractivity contribution in [3.05, 3.63) is 42.6 Å². The minimum absolute atomic E-state index is 0.0455. The molecule has 0 spiro atoms. The lowest BCUT2D eigenvalue weighted by Gasteiger charge is -2.38. The molecule has 1 amide bonds. The number of carbonyl (C=O) groups excluding carboxylic acids is 1. The van der Waals surface area contributed by atoms with Gasteiger partial charge in [-0.3, -0.25) is 9.48 Å². The maximum absolute atomic E-state index is 12.6. The number of aromatic nitrogens is 7. The number of nitrogens with zero attached hydrogens (tertiary/aromatic N) is 8. The third kappa shape index (κ3) is 4.04. The molecule has 2 unspecified atom stereocenters. The third-order valence-corrected chi connectivity index (χ3v) is 7.42. The topological polar surface area (TPSA) is 119 Å². The zero-order valence-corrected chi connectivity index (χ0v) is 20.2. The highest BCUT2D eigenvalue weighted by Gasteiger charge is 2.45. The summed E-state index contributed by atoms with van der Waals surface area (Å²) >= 11 is 0. The standard InChI is InChI=1S/C24H29N9O2/c1-15-12-32(21-19-4-8-26-33(19)14-18(28-21)17-11-27-31(3)13-17)9-5-16(15)10-25-22(34)20-29-23(35-30-20)24(2)6-7-24/h4,8,11,13-16H,5-7,9-10,12H2,1-3H3,(H,25,34). The highest BCUT2D eigenvalue weighted by atomic mass is 16.5. The van der Waals surface area contributed by atoms with Crippen LogP contribution < -0.4 is 10.2 Å². The molecule has 11 heteroatoms. The lowest BCUT2D eigenvalue weighted by Crippen LogP contribution is -2.44. The van der Waals surface area contributed by atoms with Gasteiger partial charge in [0.1, 0.15) is 5.52 Å². The molecule has 1 saturated carbocycles. The molecule has 4 aromatic heterocycles. The Balaban J connectivity index is 1.13. The maximum atomic E-state index is 12.6. The van der Waals surface area contributed by atoms with E-state index in [4.69, 9.17) is 9.51 Å². The van der Waals surface area contributed by atoms with E-state index in [0.717, 1.165) is 54.9 Å². The predicted molar refractivity (Wildman–Crippen MR) is 128 cm³/mol. The van der Waals surface area contributed by atoms with Crippen molar-refractivity contribution in [3.63, 3.8) is 0 Å². The Labute approximate surface area is 202 Å². The molecule has 1 aliphatic carbocycles. The fourth-order valence-corrected chi connectivity index (χ4v) is 4.79. The molecule has 0 aromatic carbocycles. The summed E-state index contributed by atoms with van der Waals surface area (Å²) in [5, 5.41) is 15.6. The van der Waals surface area contributed by atoms with Crippen molar-refractivity contribution in [2.24, 2.45) is 18.9 Å². The minimum atomic E-state index is -0.273. The Bertz CT molecular complexity index is 1380. The largest absolute Gasteiger partial charge is 0.355 e. The van der Waals surface area contributed by atoms with E-state index in [-0.39, 0.29) is 17.1 Å². The maximum Gasteiger partial charge on any atom is 0.292 e. The van der Waals surface area contributed by atoms with Crippen molar-refractivity contribution in [2.45, 2.75) is 38.5 Å². The fourth-order valence-electron chi connectivity index (χ4n) is 4.79. The van der Waals surface area contributed by atoms with Gasteiger partial charge in [-0.2, -0.15) is 15.2 Å². The van der Waals surface area contributed by atoms with Crippen molar-refractivity contribution in [3.8, 4) is 11.3 Å². The Morgan fingerprint density at radius 3 is 2.86 bits per heavy atom. The van der Waals surface area contributed by atoms with Crippen LogP contribution in [0.1, 0.15) is 49.6 Å². The lowest BCUT2D eigenvalue weighted by molar-refractivity contribution is 0.0926. The molecule has 2 aliphatic rings. The molecule has 1 N–H and O–H groups in total. The quantitative estimate of drug-likeness (QED) is 0.452. The molecule has 182 valence electrons. The van der Waals surface area contributed by atoms with Crippen LogP contribution in [0, 0.1) is 11.8 Å². The van der Waals surface area contributed by atoms with Crippen LogP contribution in [0.2, 0.25) is 0 Å². The second-order valence-corrected chi connectivity index (χ2v) is 10.2. The van der Waals surface area contributed by atoms with Gasteiger partial charge in [0, 0.05) is 43.9 Å². The van der Waals surface area contributed by atoms with Crippen molar-refractivity contribution < 1.29 is 9.32 Å². The molecule has 11 nitrogen and oxygen atoms in total. The summed E-state index contributed by atoms with van der Waals surface area (Å²) in [7, 11) is 1.90. The van der Waals surface area contributed by atoms with Gasteiger partial charge in [0.15, 0.2) is 5.82 Å². The number of piperidine rings is 1. The Morgan fingerprint density at radius 1 is 1.26 bits per heavy atom. The van der Waals surface area contributed by atoms with E-state index in [0.29, 0.717) is 24.3 Å². The number of aryl methyl sites for hydroxylation is 1. The van der Waals surface area contributed by atoms with Gasteiger partial charge in [-0.05, 0) is 37.2 Å². The summed E-state index contributed by atoms with van der Waals surface area (Å²) in [6.07, 6.45) is 10.5. The van der Waals surface area contributed by atoms with Gasteiger partial charge in [0.05, 0.1) is 24.3 Å². The van der Waals surface area contributed by atoms with Crippen molar-refractivity contribution in [1.82, 2.24) is 39.8 Å². The van der Waals surface area contributed by atoms with E-state index < -0.39 is 0 Å². The normalized spacial score (nSPS) is 21.4. The zero-order chi connectivity index (χ0) is 24.2. The van der Waals surface area contributed by atoms with Gasteiger partial charge in [0.2, 0.25) is 5.89 Å². The molecule has 2 fully saturated rings. The van der Waals surface area contributed by atoms with Crippen molar-refractivity contribution in [1.29, 1.82) is 0 Å². The molecule has 2 atom stereocenters. The number of hydrogen-bond acceptors (Lipinski definition) is 8. The average molecular weight is 476 g/mol. The number of carbonyl (C=O) groups is 1. The molecule has 0 bridgehead atoms. The van der Waals surface area contributed by atoms with Gasteiger partial charge < -0.3 is 14.7 Å². The first-order valence-electron chi connectivity index (χ1n) is 12.1. The van der Waals surface area contributed by atoms with Gasteiger partial charge in [-0.1, -0.05) is 19.0 Å². The number of amides is 1. The van der Waals surface area contributed by atoms with Gasteiger partial charge in [0.25, 0.3) is 11.7 Å². The number of rotatable bonds is 6. The van der Waals surface area contributed by atoms with E-state index in [1.807, 2.05) is 36.2 Å². The third-order valence-electron chi connectivity index (χ3n) is 7.42. The number of fused-ring (bicyclic) bond motifs is 1. The molecule has 0 radical (unpaired) electrons. The smallest absolute Gasteiger partial charge is 0.292 e. The van der Waals surface area contributed by atoms with E-state index in [1.54, 1.807) is 10.9 Å². The van der Waals surface area contributed by atoms with Crippen molar-refractivity contribution in [2.75, 3.05) is 24.5 Å². The van der Waals surface area contributed by atoms with Crippen molar-refractivity contribution >= 4 is 17.2 Å². The molecule has 5 heterocycles. The van der Waals surface area contributed by atoms with E-state index in [1.165, 1.54) is 0 Å². The van der Waals surface area contributed by atoms with Gasteiger partial charge >= 0.3 is 0 Å². The summed E-state index contributed by atoms with van der Waals surface area (Å²) in [6.45, 7) is 6.58. The zero-order valence-electron chi connectivity index (χ0n) is 20.2. The van der Waals surface area contributed by atoms with Crippen LogP contribution in [-0.4, -0.2) is 60.1 Å². The van der Waals surface area contributed by atoms with E-state index >= 15 is 0 Å². The molecular formula is C24H29N9O2. The highest BCUT2D eigenvalue weighted by molar-refractivity contribution is 5.90. The van der Waals surface area contributed by atoms with Gasteiger partial charge in [-0.25, -0.2) is 9.50 Å². The first-order chi connectivity index (χ1) is 16.9. The SMILES string of the molecule is CC1CN(c2nc(-c3cnn(C)c3)cn3nccc23)CCC1CNC(=O)c1noc(C2(C)CC2)n1. The van der Waals surface area contributed by atoms with Gasteiger partial charge in [-0.15, -0.1) is 0 Å². The number of anilines is 1. The molecule has 1 saturated heterocycles. The van der Waals surface area contributed by atoms with Crippen LogP contribution >= 0.6 is 0 Å². The summed E-state index contributed by atoms with van der Waals surface area (Å²) < 4.78 is 8.96. The summed E-state index contributed by atoms with van der Waals surface area (Å²) in [5.41, 5.74) is 2.73. The Morgan fingerprint density at radius 2 is 2.11 bits per heavy atom. The van der Waals surface area contributed by atoms with Crippen LogP contribution in [-0.2, 0) is 12.5 Å². The second kappa shape index (κ2) is 8.17. The summed E-state index contributed by atoms with van der Waals surface area (Å²) in [6, 6.07) is 1.99. The van der Waals surface area contributed by atoms with E-state index in [2.05, 4.69) is 44.4 Å². The molecular weight excluding hydrogens is 446 g/mol. The van der Waals surface area contributed by atoms with Crippen LogP contribution in [0.25, 0.3) is 16.8 Å². The van der Waals surface area contributed by atoms with Crippen LogP contribution in [0.4, 0.5) is 5.82 Å². The number of nitrogens with one attached hydrogen (secondary N) is 1. The number of hydrogen-bond donors (Lipinski definition) is 1. The molecule has 1 aliphatic heterocycles. The Kier molecular flexibility index (Phi) is 5.08. The first-order valence-corrected chi connectivity index (χ1v) is 12.1. The van der Waals surface area contributed by atoms with Crippen LogP contribution in [0.3, 0.4) is 0 Å². The molecule has 35 heavy (non-hydrogen) atoms. The highest BCUT2D eigenvalue weighted by Crippen LogP contribution is 2.46. The van der Waals surface area contributed by atoms with Crippen LogP contribution in [0.5, 0.6) is 0 Å². The summed E-state index contributed by atoms with van der Waals surface area (Å²) in [4.78, 5) is 24.2. The van der Waals surface area contributed by atoms with E-state index in [9.17, 15) is 4.79 Å². The Hall–Kier alpha value is -3.76. The second-order valence-electron chi connectivity index (χ2n) is 10.2. The van der Waals surface area contributed by atoms with Crippen LogP contribution in [0.15, 0.2) is 35.4 Å². The first kappa shape index (κ1) is 21.8. The molecule has 6 rings (SSSR count). The lowest BCUT2D eigenvalue weighted by atomic mass is 9.86. The minimum Gasteiger partial charge on any atom is -0.355 e. The monoisotopic (exact) mass is 475 g/mol. The predicted octanol–water partition coefficient (Wildman–Crippen LogP) is 2.46. The molecule has 4 aromatic rings.